The van der Waals surface area contributed by atoms with Crippen LogP contribution in [-0.4, -0.2) is 40.9 Å². The van der Waals surface area contributed by atoms with Gasteiger partial charge < -0.3 is 15.2 Å². The number of aryl methyl sites for hydroxylation is 1. The van der Waals surface area contributed by atoms with E-state index in [0.29, 0.717) is 0 Å². The second-order valence-corrected chi connectivity index (χ2v) is 5.88. The lowest BCUT2D eigenvalue weighted by atomic mass is 10.2. The fraction of sp³-hybridized carbons (Fsp3) is 0.812. The van der Waals surface area contributed by atoms with Gasteiger partial charge in [-0.15, -0.1) is 34.2 Å². The van der Waals surface area contributed by atoms with Gasteiger partial charge in [-0.25, -0.2) is 0 Å². The zero-order valence-corrected chi connectivity index (χ0v) is 16.8. The minimum atomic E-state index is 0. The lowest BCUT2D eigenvalue weighted by Gasteiger charge is -2.12. The zero-order chi connectivity index (χ0) is 15.6. The minimum Gasteiger partial charge on any atom is -0.356 e. The molecule has 0 saturated carbocycles. The zero-order valence-electron chi connectivity index (χ0n) is 14.5. The number of guanidine groups is 1. The Bertz CT molecular complexity index is 471. The van der Waals surface area contributed by atoms with Crippen LogP contribution in [0.3, 0.4) is 0 Å². The number of rotatable bonds is 7. The van der Waals surface area contributed by atoms with Crippen molar-refractivity contribution in [2.45, 2.75) is 64.8 Å². The Morgan fingerprint density at radius 3 is 2.74 bits per heavy atom. The fourth-order valence-corrected chi connectivity index (χ4v) is 2.83. The molecule has 0 atom stereocenters. The van der Waals surface area contributed by atoms with Crippen LogP contribution in [0.5, 0.6) is 0 Å². The molecule has 0 bridgehead atoms. The van der Waals surface area contributed by atoms with Crippen molar-refractivity contribution < 1.29 is 0 Å². The lowest BCUT2D eigenvalue weighted by molar-refractivity contribution is 0.599. The summed E-state index contributed by atoms with van der Waals surface area (Å²) in [5, 5.41) is 15.4. The van der Waals surface area contributed by atoms with Crippen molar-refractivity contribution in [2.75, 3.05) is 20.1 Å². The average Bonchev–Trinajstić information content (AvgIpc) is 2.77. The van der Waals surface area contributed by atoms with Crippen molar-refractivity contribution in [3.05, 3.63) is 11.6 Å². The van der Waals surface area contributed by atoms with Gasteiger partial charge in [0.2, 0.25) is 0 Å². The summed E-state index contributed by atoms with van der Waals surface area (Å²) >= 11 is 0. The van der Waals surface area contributed by atoms with E-state index in [2.05, 4.69) is 37.3 Å². The molecule has 0 fully saturated rings. The summed E-state index contributed by atoms with van der Waals surface area (Å²) in [7, 11) is 1.82. The minimum absolute atomic E-state index is 0. The number of hydrogen-bond acceptors (Lipinski definition) is 3. The monoisotopic (exact) mass is 434 g/mol. The van der Waals surface area contributed by atoms with Gasteiger partial charge >= 0.3 is 0 Å². The fourth-order valence-electron chi connectivity index (χ4n) is 2.83. The first kappa shape index (κ1) is 20.2. The van der Waals surface area contributed by atoms with Gasteiger partial charge in [0, 0.05) is 39.5 Å². The molecule has 1 aliphatic heterocycles. The van der Waals surface area contributed by atoms with Crippen LogP contribution in [-0.2, 0) is 19.4 Å². The number of halogens is 1. The first-order valence-electron chi connectivity index (χ1n) is 8.70. The van der Waals surface area contributed by atoms with Crippen LogP contribution in [0.4, 0.5) is 0 Å². The third kappa shape index (κ3) is 6.64. The molecule has 0 unspecified atom stereocenters. The van der Waals surface area contributed by atoms with Gasteiger partial charge in [0.25, 0.3) is 0 Å². The Morgan fingerprint density at radius 1 is 1.13 bits per heavy atom. The Hall–Kier alpha value is -0.860. The van der Waals surface area contributed by atoms with Gasteiger partial charge in [0.05, 0.1) is 0 Å². The van der Waals surface area contributed by atoms with Gasteiger partial charge in [-0.3, -0.25) is 4.99 Å². The molecule has 1 aromatic heterocycles. The van der Waals surface area contributed by atoms with Crippen molar-refractivity contribution in [1.29, 1.82) is 0 Å². The van der Waals surface area contributed by atoms with Crippen LogP contribution in [0, 0.1) is 0 Å². The van der Waals surface area contributed by atoms with E-state index in [1.165, 1.54) is 38.5 Å². The second kappa shape index (κ2) is 11.6. The second-order valence-electron chi connectivity index (χ2n) is 5.88. The Labute approximate surface area is 157 Å². The molecular weight excluding hydrogens is 403 g/mol. The number of hydrogen-bond donors (Lipinski definition) is 2. The Morgan fingerprint density at radius 2 is 1.96 bits per heavy atom. The smallest absolute Gasteiger partial charge is 0.190 e. The van der Waals surface area contributed by atoms with E-state index in [-0.39, 0.29) is 24.0 Å². The molecule has 0 saturated heterocycles. The number of aliphatic imine (C=N–C) groups is 1. The maximum atomic E-state index is 4.36. The first-order valence-corrected chi connectivity index (χ1v) is 8.70. The maximum absolute atomic E-state index is 4.36. The van der Waals surface area contributed by atoms with E-state index < -0.39 is 0 Å². The highest BCUT2D eigenvalue weighted by molar-refractivity contribution is 14.0. The lowest BCUT2D eigenvalue weighted by Crippen LogP contribution is -2.39. The third-order valence-corrected chi connectivity index (χ3v) is 4.12. The van der Waals surface area contributed by atoms with Gasteiger partial charge in [-0.05, 0) is 19.3 Å². The van der Waals surface area contributed by atoms with Gasteiger partial charge in [-0.2, -0.15) is 0 Å². The van der Waals surface area contributed by atoms with Crippen molar-refractivity contribution >= 4 is 29.9 Å². The highest BCUT2D eigenvalue weighted by Gasteiger charge is 2.14. The number of nitrogens with zero attached hydrogens (tertiary/aromatic N) is 4. The van der Waals surface area contributed by atoms with E-state index in [4.69, 9.17) is 0 Å². The molecule has 2 rings (SSSR count). The highest BCUT2D eigenvalue weighted by atomic mass is 127. The topological polar surface area (TPSA) is 67.1 Å². The summed E-state index contributed by atoms with van der Waals surface area (Å²) in [6, 6.07) is 0. The molecule has 2 heterocycles. The molecule has 0 radical (unpaired) electrons. The van der Waals surface area contributed by atoms with E-state index in [0.717, 1.165) is 50.1 Å². The molecule has 7 heteroatoms. The quantitative estimate of drug-likeness (QED) is 0.300. The van der Waals surface area contributed by atoms with Crippen LogP contribution in [0.15, 0.2) is 4.99 Å². The van der Waals surface area contributed by atoms with E-state index in [1.807, 2.05) is 7.05 Å². The Kier molecular flexibility index (Phi) is 10.2. The van der Waals surface area contributed by atoms with E-state index in [9.17, 15) is 0 Å². The van der Waals surface area contributed by atoms with Crippen LogP contribution in [0.25, 0.3) is 0 Å². The van der Waals surface area contributed by atoms with Crippen molar-refractivity contribution in [3.63, 3.8) is 0 Å². The predicted octanol–water partition coefficient (Wildman–Crippen LogP) is 2.52. The molecule has 2 N–H and O–H groups in total. The normalized spacial score (nSPS) is 14.6. The summed E-state index contributed by atoms with van der Waals surface area (Å²) in [6.45, 7) is 5.11. The van der Waals surface area contributed by atoms with Gasteiger partial charge in [0.15, 0.2) is 5.96 Å². The van der Waals surface area contributed by atoms with Crippen molar-refractivity contribution in [3.8, 4) is 0 Å². The molecule has 132 valence electrons. The number of nitrogens with one attached hydrogen (secondary N) is 2. The standard InChI is InChI=1S/C16H30N6.HI/c1-3-4-7-11-18-16(17-2)19-12-10-15-21-20-14-9-6-5-8-13-22(14)15;/h3-13H2,1-2H3,(H2,17,18,19);1H. The predicted molar refractivity (Wildman–Crippen MR) is 106 cm³/mol. The summed E-state index contributed by atoms with van der Waals surface area (Å²) in [5.41, 5.74) is 0. The summed E-state index contributed by atoms with van der Waals surface area (Å²) in [6.07, 6.45) is 9.44. The molecule has 1 aromatic rings. The van der Waals surface area contributed by atoms with Crippen LogP contribution < -0.4 is 10.6 Å². The molecule has 0 amide bonds. The maximum Gasteiger partial charge on any atom is 0.190 e. The van der Waals surface area contributed by atoms with Crippen LogP contribution >= 0.6 is 24.0 Å². The van der Waals surface area contributed by atoms with Gasteiger partial charge in [0.1, 0.15) is 11.6 Å². The molecule has 0 aliphatic carbocycles. The highest BCUT2D eigenvalue weighted by Crippen LogP contribution is 2.14. The number of unbranched alkanes of at least 4 members (excludes halogenated alkanes) is 2. The third-order valence-electron chi connectivity index (χ3n) is 4.12. The van der Waals surface area contributed by atoms with Crippen LogP contribution in [0.2, 0.25) is 0 Å². The van der Waals surface area contributed by atoms with Crippen molar-refractivity contribution in [1.82, 2.24) is 25.4 Å². The largest absolute Gasteiger partial charge is 0.356 e. The van der Waals surface area contributed by atoms with Crippen LogP contribution in [0.1, 0.15) is 57.1 Å². The Balaban J connectivity index is 0.00000264. The van der Waals surface area contributed by atoms with Gasteiger partial charge in [-0.1, -0.05) is 26.2 Å². The molecule has 0 spiro atoms. The van der Waals surface area contributed by atoms with Crippen molar-refractivity contribution in [2.24, 2.45) is 4.99 Å². The van der Waals surface area contributed by atoms with E-state index >= 15 is 0 Å². The first-order chi connectivity index (χ1) is 10.8. The summed E-state index contributed by atoms with van der Waals surface area (Å²) in [5.74, 6) is 3.15. The molecule has 0 aromatic carbocycles. The number of fused-ring (bicyclic) bond motifs is 1. The SMILES string of the molecule is CCCCCNC(=NC)NCCc1nnc2n1CCCCC2.I. The molecular formula is C16H31IN6. The molecule has 1 aliphatic rings. The summed E-state index contributed by atoms with van der Waals surface area (Å²) < 4.78 is 2.31. The average molecular weight is 434 g/mol. The molecule has 6 nitrogen and oxygen atoms in total. The molecule has 23 heavy (non-hydrogen) atoms. The van der Waals surface area contributed by atoms with E-state index in [1.54, 1.807) is 0 Å². The number of aromatic nitrogens is 3. The summed E-state index contributed by atoms with van der Waals surface area (Å²) in [4.78, 5) is 4.26.